The molecule has 0 aliphatic carbocycles. The van der Waals surface area contributed by atoms with Gasteiger partial charge in [0.15, 0.2) is 0 Å². The summed E-state index contributed by atoms with van der Waals surface area (Å²) in [4.78, 5) is 24.1. The lowest BCUT2D eigenvalue weighted by Crippen LogP contribution is -2.46. The summed E-state index contributed by atoms with van der Waals surface area (Å²) >= 11 is 0. The minimum absolute atomic E-state index is 0.236. The van der Waals surface area contributed by atoms with E-state index in [4.69, 9.17) is 0 Å². The van der Waals surface area contributed by atoms with Crippen molar-refractivity contribution in [3.05, 3.63) is 59.4 Å². The number of carbonyl (C=O) groups excluding carboxylic acids is 2. The first kappa shape index (κ1) is 23.8. The van der Waals surface area contributed by atoms with E-state index in [1.807, 2.05) is 12.1 Å². The fourth-order valence-corrected chi connectivity index (χ4v) is 5.29. The van der Waals surface area contributed by atoms with Gasteiger partial charge in [-0.3, -0.25) is 4.79 Å². The van der Waals surface area contributed by atoms with Crippen molar-refractivity contribution in [2.45, 2.75) is 39.3 Å². The van der Waals surface area contributed by atoms with E-state index >= 15 is 0 Å². The normalized spacial score (nSPS) is 12.1. The zero-order chi connectivity index (χ0) is 22.7. The average Bonchev–Trinajstić information content (AvgIpc) is 2.65. The molecule has 1 amide bonds. The minimum Gasteiger partial charge on any atom is -0.466 e. The zero-order valence-corrected chi connectivity index (χ0v) is 20.7. The standard InChI is InChI=1S/C23H30FNO3Si2/c1-28-22(26)11-9-16-8-10-18(14-21(16)24)25-23(27)17-12-19(29(2,3)4)15-20(13-17)30(5,6)7/h8-15H,1-7H3,(H,25,27). The van der Waals surface area contributed by atoms with E-state index in [1.165, 1.54) is 35.7 Å². The molecule has 1 N–H and O–H groups in total. The van der Waals surface area contributed by atoms with E-state index < -0.39 is 27.9 Å². The molecule has 0 aliphatic heterocycles. The second-order valence-corrected chi connectivity index (χ2v) is 19.5. The van der Waals surface area contributed by atoms with E-state index in [9.17, 15) is 14.0 Å². The Labute approximate surface area is 180 Å². The third-order valence-electron chi connectivity index (χ3n) is 4.79. The second kappa shape index (κ2) is 9.10. The van der Waals surface area contributed by atoms with E-state index in [0.717, 1.165) is 6.08 Å². The van der Waals surface area contributed by atoms with Crippen LogP contribution in [0.4, 0.5) is 10.1 Å². The second-order valence-electron chi connectivity index (χ2n) is 9.35. The van der Waals surface area contributed by atoms with Crippen LogP contribution in [0.5, 0.6) is 0 Å². The number of esters is 1. The molecule has 160 valence electrons. The number of ether oxygens (including phenoxy) is 1. The highest BCUT2D eigenvalue weighted by Crippen LogP contribution is 2.17. The molecule has 2 aromatic rings. The van der Waals surface area contributed by atoms with E-state index in [0.29, 0.717) is 11.3 Å². The lowest BCUT2D eigenvalue weighted by molar-refractivity contribution is -0.134. The molecule has 0 spiro atoms. The van der Waals surface area contributed by atoms with Crippen LogP contribution in [-0.2, 0) is 9.53 Å². The molecule has 0 aliphatic rings. The molecule has 0 saturated carbocycles. The fourth-order valence-electron chi connectivity index (χ4n) is 2.79. The Morgan fingerprint density at radius 2 is 1.50 bits per heavy atom. The third kappa shape index (κ3) is 6.24. The van der Waals surface area contributed by atoms with Crippen molar-refractivity contribution in [2.75, 3.05) is 12.4 Å². The molecule has 7 heteroatoms. The summed E-state index contributed by atoms with van der Waals surface area (Å²) in [5.41, 5.74) is 1.20. The van der Waals surface area contributed by atoms with Gasteiger partial charge < -0.3 is 10.1 Å². The number of hydrogen-bond acceptors (Lipinski definition) is 3. The van der Waals surface area contributed by atoms with Gasteiger partial charge in [-0.1, -0.05) is 67.9 Å². The number of methoxy groups -OCH3 is 1. The van der Waals surface area contributed by atoms with Gasteiger partial charge in [-0.15, -0.1) is 0 Å². The molecule has 0 aromatic heterocycles. The number of benzene rings is 2. The molecule has 30 heavy (non-hydrogen) atoms. The number of hydrogen-bond donors (Lipinski definition) is 1. The number of carbonyl (C=O) groups is 2. The number of nitrogens with one attached hydrogen (secondary N) is 1. The maximum Gasteiger partial charge on any atom is 0.330 e. The van der Waals surface area contributed by atoms with Crippen molar-refractivity contribution in [3.63, 3.8) is 0 Å². The van der Waals surface area contributed by atoms with E-state index in [1.54, 1.807) is 6.07 Å². The highest BCUT2D eigenvalue weighted by molar-refractivity contribution is 6.91. The maximum atomic E-state index is 14.4. The van der Waals surface area contributed by atoms with Crippen LogP contribution >= 0.6 is 0 Å². The Morgan fingerprint density at radius 1 is 0.933 bits per heavy atom. The van der Waals surface area contributed by atoms with Gasteiger partial charge in [0.25, 0.3) is 5.91 Å². The molecule has 2 rings (SSSR count). The maximum absolute atomic E-state index is 14.4. The molecular formula is C23H30FNO3Si2. The molecule has 0 radical (unpaired) electrons. The smallest absolute Gasteiger partial charge is 0.330 e. The average molecular weight is 444 g/mol. The Bertz CT molecular complexity index is 957. The number of halogens is 1. The highest BCUT2D eigenvalue weighted by Gasteiger charge is 2.24. The van der Waals surface area contributed by atoms with Crippen LogP contribution in [0.25, 0.3) is 6.08 Å². The highest BCUT2D eigenvalue weighted by atomic mass is 28.3. The lowest BCUT2D eigenvalue weighted by atomic mass is 10.1. The SMILES string of the molecule is COC(=O)C=Cc1ccc(NC(=O)c2cc([Si](C)(C)C)cc([Si](C)(C)C)c2)cc1F. The van der Waals surface area contributed by atoms with Gasteiger partial charge in [0, 0.05) is 22.9 Å². The lowest BCUT2D eigenvalue weighted by Gasteiger charge is -2.24. The Morgan fingerprint density at radius 3 is 1.97 bits per heavy atom. The molecule has 0 unspecified atom stereocenters. The van der Waals surface area contributed by atoms with Crippen LogP contribution in [0.15, 0.2) is 42.5 Å². The molecule has 4 nitrogen and oxygen atoms in total. The quantitative estimate of drug-likeness (QED) is 0.410. The summed E-state index contributed by atoms with van der Waals surface area (Å²) in [5.74, 6) is -1.36. The van der Waals surface area contributed by atoms with Gasteiger partial charge in [-0.25, -0.2) is 9.18 Å². The monoisotopic (exact) mass is 443 g/mol. The third-order valence-corrected chi connectivity index (χ3v) is 8.83. The topological polar surface area (TPSA) is 55.4 Å². The largest absolute Gasteiger partial charge is 0.466 e. The van der Waals surface area contributed by atoms with Gasteiger partial charge in [0.1, 0.15) is 5.82 Å². The summed E-state index contributed by atoms with van der Waals surface area (Å²) in [5, 5.41) is 5.27. The predicted molar refractivity (Wildman–Crippen MR) is 128 cm³/mol. The van der Waals surface area contributed by atoms with Crippen LogP contribution in [0.2, 0.25) is 39.3 Å². The fraction of sp³-hybridized carbons (Fsp3) is 0.304. The first-order valence-electron chi connectivity index (χ1n) is 9.84. The van der Waals surface area contributed by atoms with Gasteiger partial charge in [0.2, 0.25) is 0 Å². The summed E-state index contributed by atoms with van der Waals surface area (Å²) in [6.45, 7) is 13.5. The van der Waals surface area contributed by atoms with Crippen molar-refractivity contribution in [1.82, 2.24) is 0 Å². The van der Waals surface area contributed by atoms with Gasteiger partial charge in [-0.05, 0) is 24.3 Å². The molecule has 0 atom stereocenters. The first-order chi connectivity index (χ1) is 13.8. The van der Waals surface area contributed by atoms with Crippen LogP contribution < -0.4 is 15.7 Å². The summed E-state index contributed by atoms with van der Waals surface area (Å²) in [6.07, 6.45) is 2.49. The van der Waals surface area contributed by atoms with Crippen molar-refractivity contribution in [3.8, 4) is 0 Å². The van der Waals surface area contributed by atoms with Crippen LogP contribution in [0, 0.1) is 5.82 Å². The number of anilines is 1. The summed E-state index contributed by atoms with van der Waals surface area (Å²) in [6, 6.07) is 10.6. The number of rotatable bonds is 6. The summed E-state index contributed by atoms with van der Waals surface area (Å²) in [7, 11) is -1.97. The molecule has 0 bridgehead atoms. The van der Waals surface area contributed by atoms with E-state index in [-0.39, 0.29) is 11.5 Å². The summed E-state index contributed by atoms with van der Waals surface area (Å²) < 4.78 is 18.9. The van der Waals surface area contributed by atoms with Crippen LogP contribution in [0.3, 0.4) is 0 Å². The molecule has 2 aromatic carbocycles. The number of amides is 1. The van der Waals surface area contributed by atoms with Gasteiger partial charge in [-0.2, -0.15) is 0 Å². The Balaban J connectivity index is 2.32. The van der Waals surface area contributed by atoms with Gasteiger partial charge >= 0.3 is 5.97 Å². The van der Waals surface area contributed by atoms with E-state index in [2.05, 4.69) is 55.4 Å². The zero-order valence-electron chi connectivity index (χ0n) is 18.7. The van der Waals surface area contributed by atoms with Crippen LogP contribution in [-0.4, -0.2) is 35.1 Å². The predicted octanol–water partition coefficient (Wildman–Crippen LogP) is 4.35. The Kier molecular flexibility index (Phi) is 7.20. The van der Waals surface area contributed by atoms with Crippen molar-refractivity contribution in [2.24, 2.45) is 0 Å². The minimum atomic E-state index is -1.61. The first-order valence-corrected chi connectivity index (χ1v) is 16.8. The molecular weight excluding hydrogens is 413 g/mol. The van der Waals surface area contributed by atoms with Crippen molar-refractivity contribution in [1.29, 1.82) is 0 Å². The molecule has 0 heterocycles. The molecule has 0 fully saturated rings. The van der Waals surface area contributed by atoms with Crippen LogP contribution in [0.1, 0.15) is 15.9 Å². The van der Waals surface area contributed by atoms with Crippen molar-refractivity contribution < 1.29 is 18.7 Å². The van der Waals surface area contributed by atoms with Crippen molar-refractivity contribution >= 4 is 50.2 Å². The van der Waals surface area contributed by atoms with Gasteiger partial charge in [0.05, 0.1) is 23.3 Å². The Hall–Kier alpha value is -2.52. The molecule has 0 saturated heterocycles.